The Morgan fingerprint density at radius 3 is 2.93 bits per heavy atom. The maximum atomic E-state index is 11.5. The van der Waals surface area contributed by atoms with Crippen molar-refractivity contribution in [2.24, 2.45) is 0 Å². The number of hydrogen-bond acceptors (Lipinski definition) is 3. The number of carbonyl (C=O) groups is 1. The summed E-state index contributed by atoms with van der Waals surface area (Å²) >= 11 is 0. The highest BCUT2D eigenvalue weighted by molar-refractivity contribution is 5.95. The van der Waals surface area contributed by atoms with Gasteiger partial charge in [0.2, 0.25) is 0 Å². The Bertz CT molecular complexity index is 372. The molecule has 0 amide bonds. The molecule has 0 bridgehead atoms. The van der Waals surface area contributed by atoms with Crippen molar-refractivity contribution < 1.29 is 9.53 Å². The Labute approximate surface area is 89.5 Å². The normalized spacial score (nSPS) is 9.67. The third-order valence-electron chi connectivity index (χ3n) is 2.06. The van der Waals surface area contributed by atoms with Crippen LogP contribution in [0.3, 0.4) is 0 Å². The van der Waals surface area contributed by atoms with E-state index < -0.39 is 0 Å². The van der Waals surface area contributed by atoms with Crippen LogP contribution in [0.25, 0.3) is 0 Å². The average Bonchev–Trinajstić information content (AvgIpc) is 2.22. The van der Waals surface area contributed by atoms with E-state index in [9.17, 15) is 4.79 Å². The summed E-state index contributed by atoms with van der Waals surface area (Å²) in [5, 5.41) is 0. The molecule has 0 atom stereocenters. The van der Waals surface area contributed by atoms with Gasteiger partial charge in [-0.3, -0.25) is 0 Å². The molecular weight excluding hydrogens is 190 g/mol. The lowest BCUT2D eigenvalue weighted by molar-refractivity contribution is 0.0527. The number of nitrogen functional groups attached to an aromatic ring is 1. The average molecular weight is 205 g/mol. The van der Waals surface area contributed by atoms with Crippen molar-refractivity contribution in [3.63, 3.8) is 0 Å². The molecule has 3 heteroatoms. The minimum atomic E-state index is -0.374. The van der Waals surface area contributed by atoms with Gasteiger partial charge in [0.05, 0.1) is 12.2 Å². The van der Waals surface area contributed by atoms with Gasteiger partial charge in [-0.15, -0.1) is 6.58 Å². The molecule has 0 radical (unpaired) electrons. The van der Waals surface area contributed by atoms with E-state index >= 15 is 0 Å². The molecule has 15 heavy (non-hydrogen) atoms. The molecule has 1 aromatic rings. The summed E-state index contributed by atoms with van der Waals surface area (Å²) in [6.07, 6.45) is 2.40. The lowest BCUT2D eigenvalue weighted by Crippen LogP contribution is -2.09. The first-order valence-corrected chi connectivity index (χ1v) is 4.86. The van der Waals surface area contributed by atoms with Crippen molar-refractivity contribution in [3.8, 4) is 0 Å². The van der Waals surface area contributed by atoms with Crippen molar-refractivity contribution >= 4 is 11.7 Å². The number of benzene rings is 1. The van der Waals surface area contributed by atoms with Gasteiger partial charge in [-0.25, -0.2) is 4.79 Å². The first-order valence-electron chi connectivity index (χ1n) is 4.86. The summed E-state index contributed by atoms with van der Waals surface area (Å²) in [6, 6.07) is 5.33. The fraction of sp³-hybridized carbons (Fsp3) is 0.250. The van der Waals surface area contributed by atoms with Crippen LogP contribution in [0.1, 0.15) is 22.8 Å². The summed E-state index contributed by atoms with van der Waals surface area (Å²) in [6.45, 7) is 5.75. The van der Waals surface area contributed by atoms with Crippen LogP contribution >= 0.6 is 0 Å². The summed E-state index contributed by atoms with van der Waals surface area (Å²) in [5.41, 5.74) is 7.66. The predicted octanol–water partition coefficient (Wildman–Crippen LogP) is 2.17. The number of ether oxygens (including phenoxy) is 1. The number of hydrogen-bond donors (Lipinski definition) is 1. The Hall–Kier alpha value is -1.77. The molecule has 3 nitrogen and oxygen atoms in total. The standard InChI is InChI=1S/C12H15NO2/c1-3-6-9-7-5-8-10(11(9)13)12(14)15-4-2/h3,5,7-8H,1,4,6,13H2,2H3. The zero-order chi connectivity index (χ0) is 11.3. The fourth-order valence-electron chi connectivity index (χ4n) is 1.33. The van der Waals surface area contributed by atoms with Crippen LogP contribution in [0.15, 0.2) is 30.9 Å². The molecule has 0 aliphatic carbocycles. The van der Waals surface area contributed by atoms with E-state index in [0.29, 0.717) is 24.3 Å². The van der Waals surface area contributed by atoms with Crippen molar-refractivity contribution in [2.75, 3.05) is 12.3 Å². The number of para-hydroxylation sites is 1. The van der Waals surface area contributed by atoms with Gasteiger partial charge in [0.1, 0.15) is 0 Å². The van der Waals surface area contributed by atoms with Gasteiger partial charge in [-0.05, 0) is 25.0 Å². The van der Waals surface area contributed by atoms with E-state index in [2.05, 4.69) is 6.58 Å². The maximum Gasteiger partial charge on any atom is 0.340 e. The summed E-state index contributed by atoms with van der Waals surface area (Å²) in [7, 11) is 0. The largest absolute Gasteiger partial charge is 0.462 e. The Kier molecular flexibility index (Phi) is 3.92. The molecular formula is C12H15NO2. The van der Waals surface area contributed by atoms with Crippen molar-refractivity contribution in [1.29, 1.82) is 0 Å². The van der Waals surface area contributed by atoms with Crippen molar-refractivity contribution in [2.45, 2.75) is 13.3 Å². The van der Waals surface area contributed by atoms with Crippen LogP contribution in [-0.2, 0) is 11.2 Å². The molecule has 0 spiro atoms. The second-order valence-electron chi connectivity index (χ2n) is 3.09. The number of allylic oxidation sites excluding steroid dienone is 1. The van der Waals surface area contributed by atoms with Crippen LogP contribution in [0.4, 0.5) is 5.69 Å². The second kappa shape index (κ2) is 5.20. The maximum absolute atomic E-state index is 11.5. The Balaban J connectivity index is 3.03. The van der Waals surface area contributed by atoms with Crippen LogP contribution in [0.5, 0.6) is 0 Å². The molecule has 2 N–H and O–H groups in total. The van der Waals surface area contributed by atoms with E-state index in [1.54, 1.807) is 25.1 Å². The lowest BCUT2D eigenvalue weighted by Gasteiger charge is -2.08. The monoisotopic (exact) mass is 205 g/mol. The van der Waals surface area contributed by atoms with Gasteiger partial charge >= 0.3 is 5.97 Å². The van der Waals surface area contributed by atoms with E-state index in [-0.39, 0.29) is 5.97 Å². The van der Waals surface area contributed by atoms with Gasteiger partial charge in [0, 0.05) is 5.69 Å². The Morgan fingerprint density at radius 2 is 2.33 bits per heavy atom. The molecule has 0 heterocycles. The van der Waals surface area contributed by atoms with Crippen LogP contribution in [0.2, 0.25) is 0 Å². The smallest absolute Gasteiger partial charge is 0.340 e. The van der Waals surface area contributed by atoms with Crippen LogP contribution in [0, 0.1) is 0 Å². The predicted molar refractivity (Wildman–Crippen MR) is 60.7 cm³/mol. The van der Waals surface area contributed by atoms with Crippen LogP contribution < -0.4 is 5.73 Å². The summed E-state index contributed by atoms with van der Waals surface area (Å²) in [4.78, 5) is 11.5. The summed E-state index contributed by atoms with van der Waals surface area (Å²) in [5.74, 6) is -0.374. The highest BCUT2D eigenvalue weighted by Gasteiger charge is 2.12. The van der Waals surface area contributed by atoms with Gasteiger partial charge in [-0.1, -0.05) is 18.2 Å². The van der Waals surface area contributed by atoms with E-state index in [1.165, 1.54) is 0 Å². The number of anilines is 1. The zero-order valence-electron chi connectivity index (χ0n) is 8.82. The zero-order valence-corrected chi connectivity index (χ0v) is 8.82. The van der Waals surface area contributed by atoms with Crippen LogP contribution in [-0.4, -0.2) is 12.6 Å². The lowest BCUT2D eigenvalue weighted by atomic mass is 10.0. The van der Waals surface area contributed by atoms with Crippen molar-refractivity contribution in [1.82, 2.24) is 0 Å². The number of nitrogens with two attached hydrogens (primary N) is 1. The molecule has 1 rings (SSSR count). The van der Waals surface area contributed by atoms with Crippen molar-refractivity contribution in [3.05, 3.63) is 42.0 Å². The fourth-order valence-corrected chi connectivity index (χ4v) is 1.33. The number of esters is 1. The molecule has 0 aliphatic heterocycles. The molecule has 0 aromatic heterocycles. The quantitative estimate of drug-likeness (QED) is 0.465. The molecule has 0 aliphatic rings. The minimum Gasteiger partial charge on any atom is -0.462 e. The third kappa shape index (κ3) is 2.59. The second-order valence-corrected chi connectivity index (χ2v) is 3.09. The summed E-state index contributed by atoms with van der Waals surface area (Å²) < 4.78 is 4.90. The van der Waals surface area contributed by atoms with Gasteiger partial charge in [0.25, 0.3) is 0 Å². The SMILES string of the molecule is C=CCc1cccc(C(=O)OCC)c1N. The Morgan fingerprint density at radius 1 is 1.60 bits per heavy atom. The topological polar surface area (TPSA) is 52.3 Å². The van der Waals surface area contributed by atoms with E-state index in [1.807, 2.05) is 6.07 Å². The van der Waals surface area contributed by atoms with Gasteiger partial charge in [0.15, 0.2) is 0 Å². The molecule has 80 valence electrons. The number of rotatable bonds is 4. The first-order chi connectivity index (χ1) is 7.20. The molecule has 0 unspecified atom stereocenters. The van der Waals surface area contributed by atoms with E-state index in [4.69, 9.17) is 10.5 Å². The highest BCUT2D eigenvalue weighted by atomic mass is 16.5. The molecule has 0 saturated heterocycles. The van der Waals surface area contributed by atoms with Gasteiger partial charge in [-0.2, -0.15) is 0 Å². The molecule has 0 saturated carbocycles. The molecule has 1 aromatic carbocycles. The van der Waals surface area contributed by atoms with E-state index in [0.717, 1.165) is 5.56 Å². The first kappa shape index (κ1) is 11.3. The highest BCUT2D eigenvalue weighted by Crippen LogP contribution is 2.19. The molecule has 0 fully saturated rings. The number of carbonyl (C=O) groups excluding carboxylic acids is 1. The van der Waals surface area contributed by atoms with Gasteiger partial charge < -0.3 is 10.5 Å². The third-order valence-corrected chi connectivity index (χ3v) is 2.06. The minimum absolute atomic E-state index is 0.351.